The molecule has 2 aliphatic heterocycles. The third-order valence-electron chi connectivity index (χ3n) is 5.70. The molecule has 31 heavy (non-hydrogen) atoms. The van der Waals surface area contributed by atoms with Gasteiger partial charge in [0.25, 0.3) is 5.91 Å². The highest BCUT2D eigenvalue weighted by Crippen LogP contribution is 2.31. The van der Waals surface area contributed by atoms with Crippen molar-refractivity contribution in [1.82, 2.24) is 9.88 Å². The molecular weight excluding hydrogens is 392 g/mol. The zero-order chi connectivity index (χ0) is 22.2. The third kappa shape index (κ3) is 4.36. The summed E-state index contributed by atoms with van der Waals surface area (Å²) in [6, 6.07) is 11.6. The number of carbonyl (C=O) groups excluding carboxylic acids is 2. The lowest BCUT2D eigenvalue weighted by atomic mass is 10.1. The Hall–Kier alpha value is -3.09. The molecule has 0 N–H and O–H groups in total. The van der Waals surface area contributed by atoms with E-state index in [0.717, 1.165) is 12.1 Å². The molecule has 1 atom stereocenters. The number of fused-ring (bicyclic) bond motifs is 1. The molecule has 1 fully saturated rings. The van der Waals surface area contributed by atoms with E-state index >= 15 is 0 Å². The van der Waals surface area contributed by atoms with Crippen molar-refractivity contribution in [3.05, 3.63) is 53.7 Å². The van der Waals surface area contributed by atoms with Crippen molar-refractivity contribution in [2.75, 3.05) is 36.0 Å². The fourth-order valence-electron chi connectivity index (χ4n) is 4.25. The van der Waals surface area contributed by atoms with Crippen molar-refractivity contribution >= 4 is 23.5 Å². The predicted octanol–water partition coefficient (Wildman–Crippen LogP) is 3.73. The van der Waals surface area contributed by atoms with Crippen molar-refractivity contribution in [2.24, 2.45) is 0 Å². The van der Waals surface area contributed by atoms with E-state index in [2.05, 4.69) is 16.0 Å². The van der Waals surface area contributed by atoms with E-state index in [1.165, 1.54) is 5.56 Å². The number of anilines is 2. The number of carbonyl (C=O) groups is 2. The number of amides is 2. The Kier molecular flexibility index (Phi) is 5.60. The van der Waals surface area contributed by atoms with Crippen LogP contribution in [0.15, 0.2) is 42.6 Å². The molecule has 1 saturated heterocycles. The number of hydrogen-bond acceptors (Lipinski definition) is 5. The van der Waals surface area contributed by atoms with Gasteiger partial charge in [0.15, 0.2) is 0 Å². The normalized spacial score (nSPS) is 18.7. The monoisotopic (exact) mass is 422 g/mol. The van der Waals surface area contributed by atoms with Crippen molar-refractivity contribution in [1.29, 1.82) is 0 Å². The molecule has 0 bridgehead atoms. The fourth-order valence-corrected chi connectivity index (χ4v) is 4.25. The van der Waals surface area contributed by atoms with E-state index in [1.54, 1.807) is 17.2 Å². The maximum absolute atomic E-state index is 13.5. The zero-order valence-corrected chi connectivity index (χ0v) is 18.7. The van der Waals surface area contributed by atoms with Crippen LogP contribution in [-0.2, 0) is 11.2 Å². The van der Waals surface area contributed by atoms with Gasteiger partial charge in [-0.15, -0.1) is 0 Å². The summed E-state index contributed by atoms with van der Waals surface area (Å²) in [5.41, 5.74) is 2.24. The highest BCUT2D eigenvalue weighted by Gasteiger charge is 2.34. The molecule has 7 nitrogen and oxygen atoms in total. The van der Waals surface area contributed by atoms with Crippen LogP contribution in [0.1, 0.15) is 43.6 Å². The summed E-state index contributed by atoms with van der Waals surface area (Å²) < 4.78 is 5.54. The number of para-hydroxylation sites is 1. The van der Waals surface area contributed by atoms with Gasteiger partial charge in [0.2, 0.25) is 0 Å². The smallest absolute Gasteiger partial charge is 0.410 e. The first kappa shape index (κ1) is 21.2. The largest absolute Gasteiger partial charge is 0.444 e. The van der Waals surface area contributed by atoms with Crippen LogP contribution in [0.2, 0.25) is 0 Å². The fraction of sp³-hybridized carbons (Fsp3) is 0.458. The standard InChI is InChI=1S/C24H30N4O3/c1-17-16-26(14-15-27(17)23(30)31-24(2,3)4)21-19(9-7-12-25-21)22(29)28-13-11-18-8-5-6-10-20(18)28/h5-10,12,17H,11,13-16H2,1-4H3/t17-/m1/s1. The molecule has 4 rings (SSSR count). The van der Waals surface area contributed by atoms with E-state index in [0.29, 0.717) is 37.6 Å². The van der Waals surface area contributed by atoms with Crippen molar-refractivity contribution in [2.45, 2.75) is 45.8 Å². The third-order valence-corrected chi connectivity index (χ3v) is 5.70. The molecular formula is C24H30N4O3. The lowest BCUT2D eigenvalue weighted by Crippen LogP contribution is -2.55. The van der Waals surface area contributed by atoms with Crippen LogP contribution in [0.3, 0.4) is 0 Å². The summed E-state index contributed by atoms with van der Waals surface area (Å²) in [4.78, 5) is 36.3. The van der Waals surface area contributed by atoms with Gasteiger partial charge in [-0.05, 0) is 57.9 Å². The van der Waals surface area contributed by atoms with Gasteiger partial charge in [-0.1, -0.05) is 18.2 Å². The highest BCUT2D eigenvalue weighted by molar-refractivity contribution is 6.10. The van der Waals surface area contributed by atoms with Crippen LogP contribution in [0.4, 0.5) is 16.3 Å². The van der Waals surface area contributed by atoms with Crippen LogP contribution >= 0.6 is 0 Å². The van der Waals surface area contributed by atoms with Gasteiger partial charge >= 0.3 is 6.09 Å². The quantitative estimate of drug-likeness (QED) is 0.738. The molecule has 0 unspecified atom stereocenters. The predicted molar refractivity (Wildman–Crippen MR) is 121 cm³/mol. The molecule has 0 aliphatic carbocycles. The number of benzene rings is 1. The van der Waals surface area contributed by atoms with Gasteiger partial charge in [-0.2, -0.15) is 0 Å². The molecule has 3 heterocycles. The van der Waals surface area contributed by atoms with E-state index < -0.39 is 5.60 Å². The lowest BCUT2D eigenvalue weighted by molar-refractivity contribution is 0.0158. The van der Waals surface area contributed by atoms with Gasteiger partial charge in [0.1, 0.15) is 11.4 Å². The number of hydrogen-bond donors (Lipinski definition) is 0. The first-order valence-electron chi connectivity index (χ1n) is 10.8. The highest BCUT2D eigenvalue weighted by atomic mass is 16.6. The second kappa shape index (κ2) is 8.21. The van der Waals surface area contributed by atoms with Crippen LogP contribution in [0, 0.1) is 0 Å². The summed E-state index contributed by atoms with van der Waals surface area (Å²) in [7, 11) is 0. The van der Waals surface area contributed by atoms with E-state index in [-0.39, 0.29) is 18.0 Å². The SMILES string of the molecule is C[C@@H]1CN(c2ncccc2C(=O)N2CCc3ccccc32)CCN1C(=O)OC(C)(C)C. The lowest BCUT2D eigenvalue weighted by Gasteiger charge is -2.41. The number of nitrogens with zero attached hydrogens (tertiary/aromatic N) is 4. The van der Waals surface area contributed by atoms with Crippen LogP contribution in [-0.4, -0.2) is 59.7 Å². The summed E-state index contributed by atoms with van der Waals surface area (Å²) in [5, 5.41) is 0. The maximum Gasteiger partial charge on any atom is 0.410 e. The van der Waals surface area contributed by atoms with Crippen molar-refractivity contribution in [3.8, 4) is 0 Å². The van der Waals surface area contributed by atoms with E-state index in [9.17, 15) is 9.59 Å². The number of aromatic nitrogens is 1. The second-order valence-corrected chi connectivity index (χ2v) is 9.18. The topological polar surface area (TPSA) is 66.0 Å². The molecule has 7 heteroatoms. The molecule has 0 radical (unpaired) electrons. The summed E-state index contributed by atoms with van der Waals surface area (Å²) in [5.74, 6) is 0.642. The molecule has 2 aliphatic rings. The Balaban J connectivity index is 1.52. The number of rotatable bonds is 2. The average Bonchev–Trinajstić information content (AvgIpc) is 3.16. The minimum absolute atomic E-state index is 0.0322. The minimum Gasteiger partial charge on any atom is -0.444 e. The Bertz CT molecular complexity index is 985. The summed E-state index contributed by atoms with van der Waals surface area (Å²) >= 11 is 0. The summed E-state index contributed by atoms with van der Waals surface area (Å²) in [6.07, 6.45) is 2.28. The minimum atomic E-state index is -0.527. The Labute approximate surface area is 183 Å². The number of ether oxygens (including phenoxy) is 1. The van der Waals surface area contributed by atoms with Crippen LogP contribution in [0.5, 0.6) is 0 Å². The Morgan fingerprint density at radius 2 is 1.84 bits per heavy atom. The molecule has 2 amide bonds. The van der Waals surface area contributed by atoms with Crippen LogP contribution in [0.25, 0.3) is 0 Å². The van der Waals surface area contributed by atoms with Gasteiger partial charge in [-0.25, -0.2) is 9.78 Å². The van der Waals surface area contributed by atoms with E-state index in [4.69, 9.17) is 4.74 Å². The molecule has 1 aromatic heterocycles. The first-order chi connectivity index (χ1) is 14.7. The Morgan fingerprint density at radius 1 is 1.06 bits per heavy atom. The molecule has 0 spiro atoms. The molecule has 2 aromatic rings. The van der Waals surface area contributed by atoms with E-state index in [1.807, 2.05) is 56.9 Å². The van der Waals surface area contributed by atoms with Crippen molar-refractivity contribution in [3.63, 3.8) is 0 Å². The zero-order valence-electron chi connectivity index (χ0n) is 18.7. The average molecular weight is 423 g/mol. The van der Waals surface area contributed by atoms with Gasteiger partial charge in [-0.3, -0.25) is 4.79 Å². The second-order valence-electron chi connectivity index (χ2n) is 9.18. The van der Waals surface area contributed by atoms with Crippen molar-refractivity contribution < 1.29 is 14.3 Å². The molecule has 1 aromatic carbocycles. The molecule has 164 valence electrons. The maximum atomic E-state index is 13.5. The molecule has 0 saturated carbocycles. The summed E-state index contributed by atoms with van der Waals surface area (Å²) in [6.45, 7) is 9.99. The number of pyridine rings is 1. The number of piperazine rings is 1. The van der Waals surface area contributed by atoms with Crippen LogP contribution < -0.4 is 9.80 Å². The first-order valence-corrected chi connectivity index (χ1v) is 10.8. The van der Waals surface area contributed by atoms with Gasteiger partial charge < -0.3 is 19.4 Å². The van der Waals surface area contributed by atoms with Gasteiger partial charge in [0.05, 0.1) is 5.56 Å². The van der Waals surface area contributed by atoms with Gasteiger partial charge in [0, 0.05) is 44.1 Å². The Morgan fingerprint density at radius 3 is 2.58 bits per heavy atom.